The van der Waals surface area contributed by atoms with Crippen LogP contribution in [0.1, 0.15) is 24.0 Å². The molecule has 2 aliphatic heterocycles. The van der Waals surface area contributed by atoms with E-state index < -0.39 is 0 Å². The molecule has 0 spiro atoms. The Labute approximate surface area is 178 Å². The Bertz CT molecular complexity index is 824. The zero-order chi connectivity index (χ0) is 20.8. The highest BCUT2D eigenvalue weighted by atomic mass is 19.1. The van der Waals surface area contributed by atoms with E-state index in [4.69, 9.17) is 14.2 Å². The van der Waals surface area contributed by atoms with E-state index in [1.165, 1.54) is 0 Å². The fraction of sp³-hybridized carbons (Fsp3) is 0.500. The van der Waals surface area contributed by atoms with Crippen LogP contribution in [0.4, 0.5) is 4.39 Å². The van der Waals surface area contributed by atoms with Gasteiger partial charge in [-0.1, -0.05) is 30.3 Å². The van der Waals surface area contributed by atoms with E-state index in [0.717, 1.165) is 68.2 Å². The summed E-state index contributed by atoms with van der Waals surface area (Å²) in [4.78, 5) is 4.82. The Morgan fingerprint density at radius 1 is 1.07 bits per heavy atom. The maximum Gasteiger partial charge on any atom is 0.231 e. The molecule has 4 rings (SSSR count). The molecule has 0 atom stereocenters. The van der Waals surface area contributed by atoms with E-state index in [2.05, 4.69) is 15.9 Å². The second-order valence-corrected chi connectivity index (χ2v) is 8.19. The second kappa shape index (κ2) is 10.2. The zero-order valence-corrected chi connectivity index (χ0v) is 17.7. The van der Waals surface area contributed by atoms with Crippen molar-refractivity contribution >= 4 is 0 Å². The van der Waals surface area contributed by atoms with Crippen LogP contribution in [0.25, 0.3) is 0 Å². The predicted molar refractivity (Wildman–Crippen MR) is 114 cm³/mol. The number of rotatable bonds is 9. The van der Waals surface area contributed by atoms with Gasteiger partial charge >= 0.3 is 0 Å². The Balaban J connectivity index is 1.32. The fourth-order valence-corrected chi connectivity index (χ4v) is 4.37. The first-order chi connectivity index (χ1) is 14.7. The third kappa shape index (κ3) is 5.31. The normalized spacial score (nSPS) is 17.0. The number of benzene rings is 2. The molecule has 0 unspecified atom stereocenters. The quantitative estimate of drug-likeness (QED) is 0.621. The smallest absolute Gasteiger partial charge is 0.231 e. The van der Waals surface area contributed by atoms with Gasteiger partial charge in [-0.3, -0.25) is 9.80 Å². The second-order valence-electron chi connectivity index (χ2n) is 8.19. The minimum atomic E-state index is -0.105. The van der Waals surface area contributed by atoms with Gasteiger partial charge in [-0.2, -0.15) is 0 Å². The molecule has 2 aromatic rings. The van der Waals surface area contributed by atoms with Crippen LogP contribution in [-0.4, -0.2) is 56.5 Å². The van der Waals surface area contributed by atoms with Crippen LogP contribution in [0.5, 0.6) is 11.5 Å². The molecule has 30 heavy (non-hydrogen) atoms. The average Bonchev–Trinajstić information content (AvgIpc) is 3.25. The number of para-hydroxylation sites is 1. The lowest BCUT2D eigenvalue weighted by molar-refractivity contribution is 0.105. The molecule has 2 aromatic carbocycles. The van der Waals surface area contributed by atoms with Crippen molar-refractivity contribution in [1.82, 2.24) is 9.80 Å². The van der Waals surface area contributed by atoms with Gasteiger partial charge in [0.25, 0.3) is 0 Å². The highest BCUT2D eigenvalue weighted by Gasteiger charge is 2.24. The monoisotopic (exact) mass is 414 g/mol. The summed E-state index contributed by atoms with van der Waals surface area (Å²) in [6, 6.07) is 13.2. The number of fused-ring (bicyclic) bond motifs is 1. The SMILES string of the molecule is COCCN(Cc1cccc2c1OCO2)CC1CCN(Cc2ccccc2F)CC1. The van der Waals surface area contributed by atoms with Gasteiger partial charge in [0, 0.05) is 44.4 Å². The van der Waals surface area contributed by atoms with Crippen LogP contribution in [0.15, 0.2) is 42.5 Å². The number of piperidine rings is 1. The molecule has 6 heteroatoms. The standard InChI is InChI=1S/C24H31FN2O3/c1-28-14-13-27(17-21-6-4-8-23-24(21)30-18-29-23)15-19-9-11-26(12-10-19)16-20-5-2-3-7-22(20)25/h2-8,19H,9-18H2,1H3. The van der Waals surface area contributed by atoms with Crippen LogP contribution in [0.2, 0.25) is 0 Å². The first-order valence-electron chi connectivity index (χ1n) is 10.8. The van der Waals surface area contributed by atoms with Crippen molar-refractivity contribution in [3.05, 3.63) is 59.4 Å². The van der Waals surface area contributed by atoms with Crippen LogP contribution in [0, 0.1) is 11.7 Å². The van der Waals surface area contributed by atoms with E-state index >= 15 is 0 Å². The molecular weight excluding hydrogens is 383 g/mol. The molecule has 0 aromatic heterocycles. The third-order valence-corrected chi connectivity index (χ3v) is 6.06. The summed E-state index contributed by atoms with van der Waals surface area (Å²) in [5.41, 5.74) is 1.95. The molecular formula is C24H31FN2O3. The Morgan fingerprint density at radius 2 is 1.87 bits per heavy atom. The molecule has 0 saturated carbocycles. The summed E-state index contributed by atoms with van der Waals surface area (Å²) in [5.74, 6) is 2.24. The first kappa shape index (κ1) is 21.1. The average molecular weight is 415 g/mol. The summed E-state index contributed by atoms with van der Waals surface area (Å²) in [5, 5.41) is 0. The van der Waals surface area contributed by atoms with Crippen molar-refractivity contribution in [2.45, 2.75) is 25.9 Å². The van der Waals surface area contributed by atoms with Gasteiger partial charge in [-0.15, -0.1) is 0 Å². The molecule has 162 valence electrons. The molecule has 0 radical (unpaired) electrons. The molecule has 1 saturated heterocycles. The summed E-state index contributed by atoms with van der Waals surface area (Å²) in [6.07, 6.45) is 2.26. The number of nitrogens with zero attached hydrogens (tertiary/aromatic N) is 2. The van der Waals surface area contributed by atoms with Crippen molar-refractivity contribution in [2.75, 3.05) is 46.7 Å². The number of ether oxygens (including phenoxy) is 3. The van der Waals surface area contributed by atoms with Gasteiger partial charge in [-0.05, 0) is 44.0 Å². The number of methoxy groups -OCH3 is 1. The van der Waals surface area contributed by atoms with Gasteiger partial charge in [0.15, 0.2) is 11.5 Å². The number of hydrogen-bond donors (Lipinski definition) is 0. The van der Waals surface area contributed by atoms with Crippen LogP contribution in [0.3, 0.4) is 0 Å². The fourth-order valence-electron chi connectivity index (χ4n) is 4.37. The van der Waals surface area contributed by atoms with E-state index in [-0.39, 0.29) is 5.82 Å². The minimum Gasteiger partial charge on any atom is -0.454 e. The number of likely N-dealkylation sites (tertiary alicyclic amines) is 1. The molecule has 0 bridgehead atoms. The lowest BCUT2D eigenvalue weighted by Gasteiger charge is -2.35. The van der Waals surface area contributed by atoms with Crippen molar-refractivity contribution in [1.29, 1.82) is 0 Å². The van der Waals surface area contributed by atoms with Crippen LogP contribution < -0.4 is 9.47 Å². The molecule has 0 N–H and O–H groups in total. The van der Waals surface area contributed by atoms with E-state index in [1.54, 1.807) is 19.2 Å². The molecule has 0 amide bonds. The molecule has 0 aliphatic carbocycles. The largest absolute Gasteiger partial charge is 0.454 e. The number of hydrogen-bond acceptors (Lipinski definition) is 5. The van der Waals surface area contributed by atoms with E-state index in [9.17, 15) is 4.39 Å². The molecule has 1 fully saturated rings. The van der Waals surface area contributed by atoms with Gasteiger partial charge < -0.3 is 14.2 Å². The molecule has 2 heterocycles. The highest BCUT2D eigenvalue weighted by Crippen LogP contribution is 2.36. The van der Waals surface area contributed by atoms with Crippen molar-refractivity contribution < 1.29 is 18.6 Å². The van der Waals surface area contributed by atoms with Gasteiger partial charge in [0.2, 0.25) is 6.79 Å². The van der Waals surface area contributed by atoms with Crippen LogP contribution in [-0.2, 0) is 17.8 Å². The summed E-state index contributed by atoms with van der Waals surface area (Å²) in [6.45, 7) is 6.45. The maximum atomic E-state index is 13.9. The van der Waals surface area contributed by atoms with Crippen LogP contribution >= 0.6 is 0 Å². The summed E-state index contributed by atoms with van der Waals surface area (Å²) >= 11 is 0. The lowest BCUT2D eigenvalue weighted by atomic mass is 9.95. The summed E-state index contributed by atoms with van der Waals surface area (Å²) < 4.78 is 30.5. The number of halogens is 1. The lowest BCUT2D eigenvalue weighted by Crippen LogP contribution is -2.39. The molecule has 5 nitrogen and oxygen atoms in total. The van der Waals surface area contributed by atoms with Gasteiger partial charge in [-0.25, -0.2) is 4.39 Å². The van der Waals surface area contributed by atoms with Crippen molar-refractivity contribution in [3.63, 3.8) is 0 Å². The van der Waals surface area contributed by atoms with E-state index in [1.807, 2.05) is 24.3 Å². The predicted octanol–water partition coefficient (Wildman–Crippen LogP) is 3.92. The van der Waals surface area contributed by atoms with Crippen molar-refractivity contribution in [3.8, 4) is 11.5 Å². The van der Waals surface area contributed by atoms with E-state index in [0.29, 0.717) is 25.9 Å². The zero-order valence-electron chi connectivity index (χ0n) is 17.7. The Morgan fingerprint density at radius 3 is 2.67 bits per heavy atom. The van der Waals surface area contributed by atoms with Crippen molar-refractivity contribution in [2.24, 2.45) is 5.92 Å². The van der Waals surface area contributed by atoms with Gasteiger partial charge in [0.05, 0.1) is 6.61 Å². The minimum absolute atomic E-state index is 0.105. The Hall–Kier alpha value is -2.15. The first-order valence-corrected chi connectivity index (χ1v) is 10.8. The summed E-state index contributed by atoms with van der Waals surface area (Å²) in [7, 11) is 1.75. The van der Waals surface area contributed by atoms with Gasteiger partial charge in [0.1, 0.15) is 5.82 Å². The topological polar surface area (TPSA) is 34.2 Å². The molecule has 2 aliphatic rings. The third-order valence-electron chi connectivity index (χ3n) is 6.06. The Kier molecular flexibility index (Phi) is 7.20. The highest BCUT2D eigenvalue weighted by molar-refractivity contribution is 5.48. The maximum absolute atomic E-state index is 13.9.